The number of benzene rings is 1. The monoisotopic (exact) mass is 274 g/mol. The number of rotatable bonds is 4. The van der Waals surface area contributed by atoms with Gasteiger partial charge in [0.2, 0.25) is 11.8 Å². The van der Waals surface area contributed by atoms with Gasteiger partial charge >= 0.3 is 0 Å². The van der Waals surface area contributed by atoms with Crippen LogP contribution in [0.4, 0.5) is 5.69 Å². The van der Waals surface area contributed by atoms with Crippen LogP contribution in [0.3, 0.4) is 0 Å². The first-order chi connectivity index (χ1) is 9.49. The van der Waals surface area contributed by atoms with Crippen LogP contribution in [-0.4, -0.2) is 36.3 Å². The maximum Gasteiger partial charge on any atom is 0.246 e. The van der Waals surface area contributed by atoms with Crippen molar-refractivity contribution in [3.8, 4) is 0 Å². The summed E-state index contributed by atoms with van der Waals surface area (Å²) in [5, 5.41) is 0. The van der Waals surface area contributed by atoms with Crippen molar-refractivity contribution in [2.24, 2.45) is 5.92 Å². The molecule has 4 heteroatoms. The second-order valence-electron chi connectivity index (χ2n) is 5.72. The molecule has 108 valence electrons. The van der Waals surface area contributed by atoms with Gasteiger partial charge in [-0.3, -0.25) is 9.59 Å². The van der Waals surface area contributed by atoms with E-state index in [9.17, 15) is 9.59 Å². The molecule has 0 fully saturated rings. The zero-order valence-electron chi connectivity index (χ0n) is 12.4. The minimum absolute atomic E-state index is 0.00537. The molecule has 2 amide bonds. The van der Waals surface area contributed by atoms with Crippen molar-refractivity contribution in [3.05, 3.63) is 29.8 Å². The van der Waals surface area contributed by atoms with Crippen LogP contribution in [0.15, 0.2) is 24.3 Å². The van der Waals surface area contributed by atoms with Gasteiger partial charge in [-0.25, -0.2) is 0 Å². The first kappa shape index (κ1) is 14.6. The number of nitrogens with zero attached hydrogens (tertiary/aromatic N) is 2. The van der Waals surface area contributed by atoms with Gasteiger partial charge in [0.05, 0.1) is 0 Å². The summed E-state index contributed by atoms with van der Waals surface area (Å²) >= 11 is 0. The van der Waals surface area contributed by atoms with Crippen molar-refractivity contribution < 1.29 is 9.59 Å². The van der Waals surface area contributed by atoms with Crippen molar-refractivity contribution >= 4 is 17.5 Å². The molecule has 1 aromatic carbocycles. The second-order valence-corrected chi connectivity index (χ2v) is 5.72. The average Bonchev–Trinajstić information content (AvgIpc) is 2.81. The van der Waals surface area contributed by atoms with Gasteiger partial charge in [-0.15, -0.1) is 0 Å². The van der Waals surface area contributed by atoms with Gasteiger partial charge in [-0.2, -0.15) is 0 Å². The molecular formula is C16H22N2O2. The Morgan fingerprint density at radius 3 is 2.65 bits per heavy atom. The molecule has 1 aliphatic heterocycles. The molecule has 1 aromatic rings. The van der Waals surface area contributed by atoms with Crippen molar-refractivity contribution in [2.75, 3.05) is 24.5 Å². The smallest absolute Gasteiger partial charge is 0.246 e. The summed E-state index contributed by atoms with van der Waals surface area (Å²) in [4.78, 5) is 27.5. The van der Waals surface area contributed by atoms with E-state index in [-0.39, 0.29) is 18.4 Å². The summed E-state index contributed by atoms with van der Waals surface area (Å²) in [7, 11) is 0. The number of anilines is 1. The fourth-order valence-corrected chi connectivity index (χ4v) is 2.59. The normalized spacial score (nSPS) is 13.5. The zero-order valence-corrected chi connectivity index (χ0v) is 12.4. The number of fused-ring (bicyclic) bond motifs is 1. The van der Waals surface area contributed by atoms with E-state index in [1.54, 1.807) is 9.80 Å². The van der Waals surface area contributed by atoms with Gasteiger partial charge in [0.25, 0.3) is 0 Å². The molecule has 0 radical (unpaired) electrons. The summed E-state index contributed by atoms with van der Waals surface area (Å²) in [5.41, 5.74) is 2.20. The third-order valence-corrected chi connectivity index (χ3v) is 3.55. The number of para-hydroxylation sites is 1. The van der Waals surface area contributed by atoms with Gasteiger partial charge in [-0.05, 0) is 24.0 Å². The Morgan fingerprint density at radius 1 is 1.30 bits per heavy atom. The van der Waals surface area contributed by atoms with E-state index in [1.807, 2.05) is 32.0 Å². The lowest BCUT2D eigenvalue weighted by Gasteiger charge is -2.25. The van der Waals surface area contributed by atoms with E-state index >= 15 is 0 Å². The van der Waals surface area contributed by atoms with Gasteiger partial charge in [0, 0.05) is 25.7 Å². The van der Waals surface area contributed by atoms with Crippen molar-refractivity contribution in [1.82, 2.24) is 4.90 Å². The quantitative estimate of drug-likeness (QED) is 0.843. The molecule has 0 aromatic heterocycles. The maximum absolute atomic E-state index is 12.4. The Hall–Kier alpha value is -1.84. The van der Waals surface area contributed by atoms with Gasteiger partial charge in [0.1, 0.15) is 6.54 Å². The molecule has 0 saturated heterocycles. The number of carbonyl (C=O) groups is 2. The van der Waals surface area contributed by atoms with Crippen LogP contribution in [0.25, 0.3) is 0 Å². The maximum atomic E-state index is 12.4. The summed E-state index contributed by atoms with van der Waals surface area (Å²) in [6.45, 7) is 7.12. The van der Waals surface area contributed by atoms with E-state index in [0.717, 1.165) is 12.1 Å². The number of amides is 2. The fourth-order valence-electron chi connectivity index (χ4n) is 2.59. The van der Waals surface area contributed by atoms with Crippen LogP contribution in [0.2, 0.25) is 0 Å². The molecule has 1 aliphatic rings. The molecule has 0 spiro atoms. The summed E-state index contributed by atoms with van der Waals surface area (Å²) in [5.74, 6) is 0.322. The highest BCUT2D eigenvalue weighted by Gasteiger charge is 2.26. The molecule has 1 heterocycles. The molecule has 0 bridgehead atoms. The van der Waals surface area contributed by atoms with Crippen LogP contribution in [-0.2, 0) is 16.0 Å². The number of hydrogen-bond acceptors (Lipinski definition) is 2. The Kier molecular flexibility index (Phi) is 4.42. The Bertz CT molecular complexity index is 511. The summed E-state index contributed by atoms with van der Waals surface area (Å²) < 4.78 is 0. The third-order valence-electron chi connectivity index (χ3n) is 3.55. The van der Waals surface area contributed by atoms with Crippen LogP contribution in [0, 0.1) is 5.92 Å². The molecule has 0 N–H and O–H groups in total. The molecular weight excluding hydrogens is 252 g/mol. The van der Waals surface area contributed by atoms with E-state index in [2.05, 4.69) is 6.07 Å². The van der Waals surface area contributed by atoms with Gasteiger partial charge in [0.15, 0.2) is 0 Å². The molecule has 20 heavy (non-hydrogen) atoms. The lowest BCUT2D eigenvalue weighted by molar-refractivity contribution is -0.133. The number of hydrogen-bond donors (Lipinski definition) is 0. The second kappa shape index (κ2) is 6.07. The van der Waals surface area contributed by atoms with Crippen molar-refractivity contribution in [2.45, 2.75) is 27.2 Å². The van der Waals surface area contributed by atoms with Gasteiger partial charge in [-0.1, -0.05) is 32.0 Å². The Balaban J connectivity index is 2.07. The minimum atomic E-state index is -0.0421. The summed E-state index contributed by atoms with van der Waals surface area (Å²) in [6, 6.07) is 7.97. The topological polar surface area (TPSA) is 40.6 Å². The fraction of sp³-hybridized carbons (Fsp3) is 0.500. The molecule has 0 atom stereocenters. The predicted octanol–water partition coefficient (Wildman–Crippen LogP) is 2.08. The average molecular weight is 274 g/mol. The van der Waals surface area contributed by atoms with Crippen LogP contribution >= 0.6 is 0 Å². The first-order valence-electron chi connectivity index (χ1n) is 7.13. The molecule has 0 aliphatic carbocycles. The van der Waals surface area contributed by atoms with E-state index < -0.39 is 0 Å². The lowest BCUT2D eigenvalue weighted by atomic mass is 10.2. The predicted molar refractivity (Wildman–Crippen MR) is 79.6 cm³/mol. The van der Waals surface area contributed by atoms with Gasteiger partial charge < -0.3 is 9.80 Å². The highest BCUT2D eigenvalue weighted by Crippen LogP contribution is 2.27. The highest BCUT2D eigenvalue weighted by molar-refractivity contribution is 5.98. The Morgan fingerprint density at radius 2 is 2.00 bits per heavy atom. The summed E-state index contributed by atoms with van der Waals surface area (Å²) in [6.07, 6.45) is 0.895. The number of carbonyl (C=O) groups excluding carboxylic acids is 2. The zero-order chi connectivity index (χ0) is 14.7. The van der Waals surface area contributed by atoms with E-state index in [0.29, 0.717) is 19.0 Å². The highest BCUT2D eigenvalue weighted by atomic mass is 16.2. The Labute approximate surface area is 120 Å². The van der Waals surface area contributed by atoms with E-state index in [1.165, 1.54) is 12.5 Å². The van der Waals surface area contributed by atoms with Crippen molar-refractivity contribution in [1.29, 1.82) is 0 Å². The third kappa shape index (κ3) is 3.18. The van der Waals surface area contributed by atoms with Crippen LogP contribution in [0.1, 0.15) is 26.3 Å². The molecule has 0 unspecified atom stereocenters. The first-order valence-corrected chi connectivity index (χ1v) is 7.13. The van der Waals surface area contributed by atoms with Crippen LogP contribution in [0.5, 0.6) is 0 Å². The van der Waals surface area contributed by atoms with Crippen molar-refractivity contribution in [3.63, 3.8) is 0 Å². The largest absolute Gasteiger partial charge is 0.333 e. The molecule has 4 nitrogen and oxygen atoms in total. The minimum Gasteiger partial charge on any atom is -0.333 e. The van der Waals surface area contributed by atoms with Crippen LogP contribution < -0.4 is 4.90 Å². The lowest BCUT2D eigenvalue weighted by Crippen LogP contribution is -2.43. The molecule has 0 saturated carbocycles. The van der Waals surface area contributed by atoms with E-state index in [4.69, 9.17) is 0 Å². The molecule has 2 rings (SSSR count). The standard InChI is InChI=1S/C16H22N2O2/c1-12(2)10-17(13(3)19)11-16(20)18-9-8-14-6-4-5-7-15(14)18/h4-7,12H,8-11H2,1-3H3. The SMILES string of the molecule is CC(=O)N(CC(=O)N1CCc2ccccc21)CC(C)C.